The Balaban J connectivity index is 2.12. The summed E-state index contributed by atoms with van der Waals surface area (Å²) in [5, 5.41) is 2.13. The molecule has 0 heterocycles. The van der Waals surface area contributed by atoms with Gasteiger partial charge in [-0.2, -0.15) is 13.2 Å². The van der Waals surface area contributed by atoms with Gasteiger partial charge in [0.25, 0.3) is 0 Å². The van der Waals surface area contributed by atoms with E-state index in [0.29, 0.717) is 0 Å². The zero-order valence-electron chi connectivity index (χ0n) is 11.4. The first kappa shape index (κ1) is 13.7. The summed E-state index contributed by atoms with van der Waals surface area (Å²) in [6.07, 6.45) is -4.30. The minimum Gasteiger partial charge on any atom is -0.166 e. The predicted octanol–water partition coefficient (Wildman–Crippen LogP) is 5.83. The summed E-state index contributed by atoms with van der Waals surface area (Å²) in [5.74, 6) is 0. The standard InChI is InChI=1S/C18H13F3/c1-12-5-10-17-14(11-12)3-2-4-16(17)13-6-8-15(9-7-13)18(19,20)21/h2-11H,1H3. The Bertz CT molecular complexity index is 784. The van der Waals surface area contributed by atoms with E-state index in [9.17, 15) is 13.2 Å². The van der Waals surface area contributed by atoms with Crippen LogP contribution in [0.1, 0.15) is 11.1 Å². The molecule has 3 aromatic rings. The molecule has 21 heavy (non-hydrogen) atoms. The number of halogens is 3. The SMILES string of the molecule is Cc1ccc2c(-c3ccc(C(F)(F)F)cc3)cccc2c1. The molecule has 0 aliphatic carbocycles. The van der Waals surface area contributed by atoms with Gasteiger partial charge in [-0.1, -0.05) is 54.1 Å². The molecule has 0 radical (unpaired) electrons. The topological polar surface area (TPSA) is 0 Å². The molecular weight excluding hydrogens is 273 g/mol. The van der Waals surface area contributed by atoms with E-state index >= 15 is 0 Å². The zero-order chi connectivity index (χ0) is 15.0. The van der Waals surface area contributed by atoms with Crippen molar-refractivity contribution in [3.63, 3.8) is 0 Å². The first-order chi connectivity index (χ1) is 9.95. The Morgan fingerprint density at radius 2 is 1.52 bits per heavy atom. The van der Waals surface area contributed by atoms with Crippen LogP contribution in [-0.2, 0) is 6.18 Å². The van der Waals surface area contributed by atoms with Gasteiger partial charge in [0.15, 0.2) is 0 Å². The summed E-state index contributed by atoms with van der Waals surface area (Å²) in [7, 11) is 0. The Morgan fingerprint density at radius 3 is 2.19 bits per heavy atom. The molecule has 3 heteroatoms. The monoisotopic (exact) mass is 286 g/mol. The minimum atomic E-state index is -4.30. The number of hydrogen-bond donors (Lipinski definition) is 0. The summed E-state index contributed by atoms with van der Waals surface area (Å²) in [4.78, 5) is 0. The molecule has 0 bridgehead atoms. The molecule has 0 spiro atoms. The lowest BCUT2D eigenvalue weighted by Gasteiger charge is -2.10. The Hall–Kier alpha value is -2.29. The third-order valence-electron chi connectivity index (χ3n) is 3.56. The van der Waals surface area contributed by atoms with Crippen molar-refractivity contribution in [3.8, 4) is 11.1 Å². The molecule has 0 unspecified atom stereocenters. The summed E-state index contributed by atoms with van der Waals surface area (Å²) in [5.41, 5.74) is 2.27. The van der Waals surface area contributed by atoms with Gasteiger partial charge in [0, 0.05) is 0 Å². The summed E-state index contributed by atoms with van der Waals surface area (Å²) in [6, 6.07) is 17.3. The molecule has 0 nitrogen and oxygen atoms in total. The van der Waals surface area contributed by atoms with Crippen LogP contribution in [0.5, 0.6) is 0 Å². The first-order valence-electron chi connectivity index (χ1n) is 6.62. The van der Waals surface area contributed by atoms with Gasteiger partial charge >= 0.3 is 6.18 Å². The third kappa shape index (κ3) is 2.64. The fraction of sp³-hybridized carbons (Fsp3) is 0.111. The van der Waals surface area contributed by atoms with E-state index in [1.807, 2.05) is 37.3 Å². The zero-order valence-corrected chi connectivity index (χ0v) is 11.4. The molecule has 0 aliphatic heterocycles. The van der Waals surface area contributed by atoms with E-state index in [1.165, 1.54) is 12.1 Å². The maximum atomic E-state index is 12.6. The van der Waals surface area contributed by atoms with Crippen molar-refractivity contribution in [1.29, 1.82) is 0 Å². The highest BCUT2D eigenvalue weighted by molar-refractivity contribution is 5.96. The molecule has 0 atom stereocenters. The Labute approximate surface area is 120 Å². The second kappa shape index (κ2) is 4.92. The average molecular weight is 286 g/mol. The van der Waals surface area contributed by atoms with Crippen LogP contribution in [0.15, 0.2) is 60.7 Å². The second-order valence-corrected chi connectivity index (χ2v) is 5.11. The highest BCUT2D eigenvalue weighted by atomic mass is 19.4. The normalized spacial score (nSPS) is 11.8. The van der Waals surface area contributed by atoms with Crippen LogP contribution in [0.3, 0.4) is 0 Å². The molecule has 3 rings (SSSR count). The van der Waals surface area contributed by atoms with Gasteiger partial charge in [-0.3, -0.25) is 0 Å². The maximum Gasteiger partial charge on any atom is 0.416 e. The fourth-order valence-corrected chi connectivity index (χ4v) is 2.49. The van der Waals surface area contributed by atoms with Gasteiger partial charge in [-0.25, -0.2) is 0 Å². The molecular formula is C18H13F3. The van der Waals surface area contributed by atoms with Crippen LogP contribution < -0.4 is 0 Å². The van der Waals surface area contributed by atoms with Crippen LogP contribution in [-0.4, -0.2) is 0 Å². The van der Waals surface area contributed by atoms with E-state index in [-0.39, 0.29) is 0 Å². The molecule has 0 aromatic heterocycles. The van der Waals surface area contributed by atoms with Crippen LogP contribution in [0.4, 0.5) is 13.2 Å². The van der Waals surface area contributed by atoms with Crippen LogP contribution in [0.2, 0.25) is 0 Å². The quantitative estimate of drug-likeness (QED) is 0.527. The number of rotatable bonds is 1. The highest BCUT2D eigenvalue weighted by Gasteiger charge is 2.29. The predicted molar refractivity (Wildman–Crippen MR) is 79.1 cm³/mol. The van der Waals surface area contributed by atoms with Crippen molar-refractivity contribution in [2.45, 2.75) is 13.1 Å². The van der Waals surface area contributed by atoms with Gasteiger partial charge in [0.2, 0.25) is 0 Å². The number of benzene rings is 3. The summed E-state index contributed by atoms with van der Waals surface area (Å²) >= 11 is 0. The minimum absolute atomic E-state index is 0.623. The summed E-state index contributed by atoms with van der Waals surface area (Å²) < 4.78 is 37.9. The number of hydrogen-bond acceptors (Lipinski definition) is 0. The van der Waals surface area contributed by atoms with Gasteiger partial charge in [-0.15, -0.1) is 0 Å². The van der Waals surface area contributed by atoms with E-state index < -0.39 is 11.7 Å². The van der Waals surface area contributed by atoms with Gasteiger partial charge in [0.05, 0.1) is 5.56 Å². The number of aryl methyl sites for hydroxylation is 1. The van der Waals surface area contributed by atoms with Crippen molar-refractivity contribution in [3.05, 3.63) is 71.8 Å². The van der Waals surface area contributed by atoms with E-state index in [0.717, 1.165) is 39.6 Å². The van der Waals surface area contributed by atoms with E-state index in [4.69, 9.17) is 0 Å². The van der Waals surface area contributed by atoms with E-state index in [2.05, 4.69) is 6.07 Å². The summed E-state index contributed by atoms with van der Waals surface area (Å²) in [6.45, 7) is 2.02. The number of fused-ring (bicyclic) bond motifs is 1. The number of alkyl halides is 3. The van der Waals surface area contributed by atoms with E-state index in [1.54, 1.807) is 0 Å². The molecule has 0 fully saturated rings. The molecule has 106 valence electrons. The van der Waals surface area contributed by atoms with Gasteiger partial charge < -0.3 is 0 Å². The fourth-order valence-electron chi connectivity index (χ4n) is 2.49. The molecule has 0 amide bonds. The van der Waals surface area contributed by atoms with Crippen molar-refractivity contribution in [2.75, 3.05) is 0 Å². The third-order valence-corrected chi connectivity index (χ3v) is 3.56. The van der Waals surface area contributed by atoms with Crippen molar-refractivity contribution in [2.24, 2.45) is 0 Å². The largest absolute Gasteiger partial charge is 0.416 e. The average Bonchev–Trinajstić information content (AvgIpc) is 2.45. The lowest BCUT2D eigenvalue weighted by Crippen LogP contribution is -2.03. The molecule has 0 N–H and O–H groups in total. The highest BCUT2D eigenvalue weighted by Crippen LogP contribution is 2.33. The maximum absolute atomic E-state index is 12.6. The second-order valence-electron chi connectivity index (χ2n) is 5.11. The lowest BCUT2D eigenvalue weighted by atomic mass is 9.96. The van der Waals surface area contributed by atoms with Gasteiger partial charge in [-0.05, 0) is 41.0 Å². The van der Waals surface area contributed by atoms with Crippen molar-refractivity contribution >= 4 is 10.8 Å². The first-order valence-corrected chi connectivity index (χ1v) is 6.62. The molecule has 3 aromatic carbocycles. The van der Waals surface area contributed by atoms with Crippen LogP contribution >= 0.6 is 0 Å². The van der Waals surface area contributed by atoms with Crippen molar-refractivity contribution in [1.82, 2.24) is 0 Å². The molecule has 0 saturated heterocycles. The van der Waals surface area contributed by atoms with Crippen molar-refractivity contribution < 1.29 is 13.2 Å². The molecule has 0 saturated carbocycles. The Morgan fingerprint density at radius 1 is 0.810 bits per heavy atom. The smallest absolute Gasteiger partial charge is 0.166 e. The van der Waals surface area contributed by atoms with Gasteiger partial charge in [0.1, 0.15) is 0 Å². The lowest BCUT2D eigenvalue weighted by molar-refractivity contribution is -0.137. The van der Waals surface area contributed by atoms with Crippen LogP contribution in [0.25, 0.3) is 21.9 Å². The molecule has 0 aliphatic rings. The Kier molecular flexibility index (Phi) is 3.20. The van der Waals surface area contributed by atoms with Crippen LogP contribution in [0, 0.1) is 6.92 Å².